The van der Waals surface area contributed by atoms with Gasteiger partial charge in [0, 0.05) is 11.6 Å². The predicted molar refractivity (Wildman–Crippen MR) is 198 cm³/mol. The Kier molecular flexibility index (Phi) is 15.4. The summed E-state index contributed by atoms with van der Waals surface area (Å²) in [7, 11) is -1.92. The number of nitrogens with zero attached hydrogens (tertiary/aromatic N) is 5. The maximum Gasteiger partial charge on any atom is 0.341 e. The molecule has 19 nitrogen and oxygen atoms in total. The van der Waals surface area contributed by atoms with Crippen molar-refractivity contribution in [3.63, 3.8) is 0 Å². The molecule has 2 aromatic carbocycles. The number of hydrogen-bond acceptors (Lipinski definition) is 15. The molecule has 0 fully saturated rings. The number of pyridine rings is 2. The molecule has 3 aromatic heterocycles. The molecule has 0 saturated heterocycles. The first-order valence-electron chi connectivity index (χ1n) is 15.0. The average molecular weight is 858 g/mol. The summed E-state index contributed by atoms with van der Waals surface area (Å²) in [5, 5.41) is 19.8. The third-order valence-corrected chi connectivity index (χ3v) is 8.90. The average Bonchev–Trinajstić information content (AvgIpc) is 3.14. The van der Waals surface area contributed by atoms with E-state index >= 15 is 0 Å². The summed E-state index contributed by atoms with van der Waals surface area (Å²) < 4.78 is 53.5. The summed E-state index contributed by atoms with van der Waals surface area (Å²) in [6.07, 6.45) is 1.63. The number of aromatic nitrogens is 5. The number of fused-ring (bicyclic) bond motifs is 1. The lowest BCUT2D eigenvalue weighted by atomic mass is 10.1. The number of urea groups is 1. The van der Waals surface area contributed by atoms with Gasteiger partial charge < -0.3 is 30.2 Å². The first kappa shape index (κ1) is 44.2. The molecule has 0 aliphatic rings. The second-order valence-corrected chi connectivity index (χ2v) is 13.3. The molecule has 0 aliphatic heterocycles. The minimum atomic E-state index is -4.36. The Hall–Kier alpha value is -6.16. The van der Waals surface area contributed by atoms with Crippen LogP contribution in [-0.4, -0.2) is 88.3 Å². The monoisotopic (exact) mass is 856 g/mol. The second-order valence-electron chi connectivity index (χ2n) is 10.5. The first-order valence-corrected chi connectivity index (χ1v) is 17.6. The predicted octanol–water partition coefficient (Wildman–Crippen LogP) is 4.95. The molecule has 5 aromatic rings. The molecule has 0 bridgehead atoms. The number of halogens is 4. The van der Waals surface area contributed by atoms with Crippen LogP contribution in [0.2, 0.25) is 15.1 Å². The van der Waals surface area contributed by atoms with Gasteiger partial charge in [-0.25, -0.2) is 32.3 Å². The molecule has 296 valence electrons. The smallest absolute Gasteiger partial charge is 0.341 e. The number of aliphatic carboxylic acids is 1. The number of nitrogen functional groups attached to an aromatic ring is 1. The number of carbonyl (C=O) groups is 4. The first-order chi connectivity index (χ1) is 26.3. The van der Waals surface area contributed by atoms with Crippen LogP contribution < -0.4 is 25.2 Å². The molecule has 0 unspecified atom stereocenters. The van der Waals surface area contributed by atoms with E-state index < -0.39 is 62.3 Å². The van der Waals surface area contributed by atoms with Crippen molar-refractivity contribution < 1.29 is 56.4 Å². The van der Waals surface area contributed by atoms with Crippen molar-refractivity contribution in [1.82, 2.24) is 29.6 Å². The number of carboxylic acids is 2. The number of nitrogens with two attached hydrogens (primary N) is 1. The summed E-state index contributed by atoms with van der Waals surface area (Å²) >= 11 is 16.8. The molecular formula is C32H28Cl3FN8O11S. The summed E-state index contributed by atoms with van der Waals surface area (Å²) in [6.45, 7) is 2.74. The molecule has 3 heterocycles. The minimum absolute atomic E-state index is 0.0494. The molecule has 24 heteroatoms. The molecule has 0 radical (unpaired) electrons. The highest BCUT2D eigenvalue weighted by Gasteiger charge is 2.25. The Balaban J connectivity index is 0.000000240. The fourth-order valence-electron chi connectivity index (χ4n) is 4.11. The van der Waals surface area contributed by atoms with Gasteiger partial charge in [0.05, 0.1) is 36.0 Å². The van der Waals surface area contributed by atoms with E-state index in [1.54, 1.807) is 23.1 Å². The number of hydrogen-bond donors (Lipinski definition) is 5. The van der Waals surface area contributed by atoms with Crippen LogP contribution in [0.5, 0.6) is 11.9 Å². The highest BCUT2D eigenvalue weighted by molar-refractivity contribution is 7.90. The summed E-state index contributed by atoms with van der Waals surface area (Å²) in [6, 6.07) is 9.34. The van der Waals surface area contributed by atoms with Gasteiger partial charge in [-0.3, -0.25) is 10.3 Å². The molecule has 0 spiro atoms. The maximum atomic E-state index is 12.9. The van der Waals surface area contributed by atoms with Crippen molar-refractivity contribution in [2.24, 2.45) is 0 Å². The molecular weight excluding hydrogens is 830 g/mol. The van der Waals surface area contributed by atoms with E-state index in [0.29, 0.717) is 5.52 Å². The van der Waals surface area contributed by atoms with Gasteiger partial charge in [0.25, 0.3) is 10.0 Å². The zero-order chi connectivity index (χ0) is 41.9. The van der Waals surface area contributed by atoms with Gasteiger partial charge in [-0.2, -0.15) is 24.3 Å². The summed E-state index contributed by atoms with van der Waals surface area (Å²) in [5.41, 5.74) is 6.34. The largest absolute Gasteiger partial charge is 0.479 e. The highest BCUT2D eigenvalue weighted by Crippen LogP contribution is 2.35. The molecule has 5 rings (SSSR count). The van der Waals surface area contributed by atoms with Gasteiger partial charge in [0.15, 0.2) is 6.61 Å². The number of nitrogens with one attached hydrogen (secondary N) is 2. The topological polar surface area (TPSA) is 285 Å². The van der Waals surface area contributed by atoms with Crippen LogP contribution in [0.4, 0.5) is 20.8 Å². The van der Waals surface area contributed by atoms with Gasteiger partial charge in [-0.05, 0) is 43.7 Å². The molecule has 56 heavy (non-hydrogen) atoms. The fourth-order valence-corrected chi connectivity index (χ4v) is 5.83. The van der Waals surface area contributed by atoms with E-state index in [1.807, 2.05) is 13.0 Å². The Morgan fingerprint density at radius 2 is 1.62 bits per heavy atom. The number of sulfonamides is 1. The van der Waals surface area contributed by atoms with Crippen LogP contribution in [-0.2, 0) is 19.6 Å². The molecule has 0 aliphatic carbocycles. The lowest BCUT2D eigenvalue weighted by molar-refractivity contribution is -0.139. The number of aromatic carboxylic acids is 1. The summed E-state index contributed by atoms with van der Waals surface area (Å²) in [4.78, 5) is 63.2. The maximum absolute atomic E-state index is 12.9. The molecule has 0 atom stereocenters. The van der Waals surface area contributed by atoms with E-state index in [0.717, 1.165) is 24.1 Å². The lowest BCUT2D eigenvalue weighted by Gasteiger charge is -2.11. The number of ether oxygens (including phenoxy) is 3. The zero-order valence-electron chi connectivity index (χ0n) is 29.1. The van der Waals surface area contributed by atoms with E-state index in [1.165, 1.54) is 32.2 Å². The Labute approximate surface area is 331 Å². The number of carboxylic acid groups (broad SMARTS) is 2. The van der Waals surface area contributed by atoms with Crippen molar-refractivity contribution in [3.8, 4) is 11.9 Å². The van der Waals surface area contributed by atoms with Gasteiger partial charge in [0.1, 0.15) is 26.3 Å². The van der Waals surface area contributed by atoms with Gasteiger partial charge in [-0.1, -0.05) is 53.0 Å². The third kappa shape index (κ3) is 11.7. The van der Waals surface area contributed by atoms with Crippen molar-refractivity contribution in [2.75, 3.05) is 31.9 Å². The Morgan fingerprint density at radius 3 is 2.25 bits per heavy atom. The number of rotatable bonds is 9. The second kappa shape index (κ2) is 19.4. The SMILES string of the molecule is COC(=O)c1ccccc1S(=O)(=O)NC(=O)Nc1nc(C)nc(OC)n1.Cc1cnc2c(C(=O)O)c(Cl)ccc2c1.Nc1c(Cl)c(F)nc(OCC(=O)O)c1Cl. The van der Waals surface area contributed by atoms with E-state index in [9.17, 15) is 32.0 Å². The highest BCUT2D eigenvalue weighted by atomic mass is 35.5. The molecule has 2 amide bonds. The van der Waals surface area contributed by atoms with E-state index in [2.05, 4.69) is 39.7 Å². The van der Waals surface area contributed by atoms with Crippen molar-refractivity contribution in [1.29, 1.82) is 0 Å². The number of aryl methyl sites for hydroxylation is 2. The quantitative estimate of drug-likeness (QED) is 0.0967. The van der Waals surface area contributed by atoms with Crippen LogP contribution in [0.3, 0.4) is 0 Å². The normalized spacial score (nSPS) is 10.5. The van der Waals surface area contributed by atoms with Crippen LogP contribution >= 0.6 is 34.8 Å². The number of carbonyl (C=O) groups excluding carboxylic acids is 2. The summed E-state index contributed by atoms with van der Waals surface area (Å²) in [5.74, 6) is -4.58. The number of anilines is 2. The van der Waals surface area contributed by atoms with Crippen molar-refractivity contribution >= 4 is 91.3 Å². The molecule has 0 saturated carbocycles. The number of benzene rings is 2. The Morgan fingerprint density at radius 1 is 0.946 bits per heavy atom. The fraction of sp³-hybridized carbons (Fsp3) is 0.156. The number of methoxy groups -OCH3 is 2. The van der Waals surface area contributed by atoms with Crippen LogP contribution in [0.25, 0.3) is 10.9 Å². The van der Waals surface area contributed by atoms with E-state index in [-0.39, 0.29) is 44.6 Å². The number of amides is 2. The van der Waals surface area contributed by atoms with Crippen LogP contribution in [0, 0.1) is 19.8 Å². The Bertz CT molecular complexity index is 2430. The number of esters is 1. The lowest BCUT2D eigenvalue weighted by Crippen LogP contribution is -2.35. The van der Waals surface area contributed by atoms with Crippen molar-refractivity contribution in [2.45, 2.75) is 18.7 Å². The van der Waals surface area contributed by atoms with Gasteiger partial charge in [-0.15, -0.1) is 0 Å². The standard InChI is InChI=1S/C14H15N5O6S.C11H8ClNO2.C7H5Cl2FN2O3/c1-8-15-12(18-14(16-8)25-3)17-13(21)19-26(22,23)10-7-5-4-6-9(10)11(20)24-2;1-6-4-7-2-3-8(12)9(11(14)15)10(7)13-5-6;8-3-5(11)4(9)7(12-6(3)10)15-1-2(13)14/h4-7H,1-3H3,(H2,15,16,17,18,19,21);2-5H,1H3,(H,14,15);1H2,(H2,11,12)(H,13,14). The van der Waals surface area contributed by atoms with Gasteiger partial charge >= 0.3 is 29.9 Å². The van der Waals surface area contributed by atoms with E-state index in [4.69, 9.17) is 55.5 Å². The third-order valence-electron chi connectivity index (χ3n) is 6.47. The zero-order valence-corrected chi connectivity index (χ0v) is 32.2. The van der Waals surface area contributed by atoms with Crippen LogP contribution in [0.1, 0.15) is 32.1 Å². The molecule has 6 N–H and O–H groups in total. The van der Waals surface area contributed by atoms with Gasteiger partial charge in [0.2, 0.25) is 17.8 Å². The van der Waals surface area contributed by atoms with Crippen molar-refractivity contribution in [3.05, 3.63) is 92.2 Å². The van der Waals surface area contributed by atoms with Crippen LogP contribution in [0.15, 0.2) is 53.6 Å². The minimum Gasteiger partial charge on any atom is -0.479 e.